The van der Waals surface area contributed by atoms with Crippen LogP contribution in [0.2, 0.25) is 0 Å². The van der Waals surface area contributed by atoms with Crippen molar-refractivity contribution >= 4 is 0 Å². The summed E-state index contributed by atoms with van der Waals surface area (Å²) in [6.45, 7) is 7.33. The third kappa shape index (κ3) is 4.49. The van der Waals surface area contributed by atoms with E-state index in [1.54, 1.807) is 0 Å². The molecule has 0 saturated carbocycles. The van der Waals surface area contributed by atoms with E-state index < -0.39 is 5.60 Å². The van der Waals surface area contributed by atoms with Gasteiger partial charge in [0.1, 0.15) is 0 Å². The third-order valence-corrected chi connectivity index (χ3v) is 3.48. The molecule has 0 bridgehead atoms. The van der Waals surface area contributed by atoms with Crippen LogP contribution in [0.3, 0.4) is 0 Å². The number of rotatable bonds is 5. The SMILES string of the molecule is CC(C)N(C)CCCC1(O)CCCNC1. The molecular formula is C12H26N2O. The van der Waals surface area contributed by atoms with Gasteiger partial charge in [-0.3, -0.25) is 0 Å². The number of β-amino-alcohol motifs (C(OH)–C–C–N with tert-alkyl or cyclic N) is 1. The van der Waals surface area contributed by atoms with Crippen molar-refractivity contribution in [3.63, 3.8) is 0 Å². The molecule has 0 aromatic carbocycles. The van der Waals surface area contributed by atoms with Crippen molar-refractivity contribution in [1.82, 2.24) is 10.2 Å². The van der Waals surface area contributed by atoms with E-state index in [-0.39, 0.29) is 0 Å². The van der Waals surface area contributed by atoms with Crippen LogP contribution in [0.4, 0.5) is 0 Å². The predicted molar refractivity (Wildman–Crippen MR) is 64.1 cm³/mol. The molecule has 0 radical (unpaired) electrons. The lowest BCUT2D eigenvalue weighted by Crippen LogP contribution is -2.46. The second-order valence-corrected chi connectivity index (χ2v) is 5.18. The van der Waals surface area contributed by atoms with Gasteiger partial charge in [0.2, 0.25) is 0 Å². The molecule has 1 aliphatic rings. The van der Waals surface area contributed by atoms with Crippen LogP contribution in [0, 0.1) is 0 Å². The first-order chi connectivity index (χ1) is 7.03. The minimum Gasteiger partial charge on any atom is -0.389 e. The van der Waals surface area contributed by atoms with Crippen LogP contribution in [0.25, 0.3) is 0 Å². The van der Waals surface area contributed by atoms with Gasteiger partial charge >= 0.3 is 0 Å². The summed E-state index contributed by atoms with van der Waals surface area (Å²) in [5.74, 6) is 0. The zero-order chi connectivity index (χ0) is 11.3. The van der Waals surface area contributed by atoms with E-state index in [2.05, 4.69) is 31.1 Å². The summed E-state index contributed by atoms with van der Waals surface area (Å²) in [5, 5.41) is 13.5. The minimum absolute atomic E-state index is 0.434. The molecule has 90 valence electrons. The smallest absolute Gasteiger partial charge is 0.0772 e. The molecule has 0 aliphatic carbocycles. The number of hydrogen-bond donors (Lipinski definition) is 2. The number of hydrogen-bond acceptors (Lipinski definition) is 3. The Hall–Kier alpha value is -0.120. The molecular weight excluding hydrogens is 188 g/mol. The first-order valence-corrected chi connectivity index (χ1v) is 6.17. The van der Waals surface area contributed by atoms with E-state index in [1.165, 1.54) is 0 Å². The van der Waals surface area contributed by atoms with Crippen LogP contribution in [0.5, 0.6) is 0 Å². The van der Waals surface area contributed by atoms with E-state index in [9.17, 15) is 5.11 Å². The third-order valence-electron chi connectivity index (χ3n) is 3.48. The van der Waals surface area contributed by atoms with Crippen molar-refractivity contribution < 1.29 is 5.11 Å². The molecule has 1 heterocycles. The van der Waals surface area contributed by atoms with E-state index in [0.29, 0.717) is 6.04 Å². The van der Waals surface area contributed by atoms with Gasteiger partial charge in [-0.05, 0) is 59.7 Å². The average Bonchev–Trinajstić information content (AvgIpc) is 2.18. The highest BCUT2D eigenvalue weighted by Crippen LogP contribution is 2.21. The Labute approximate surface area is 93.9 Å². The molecule has 3 heteroatoms. The lowest BCUT2D eigenvalue weighted by Gasteiger charge is -2.33. The van der Waals surface area contributed by atoms with Gasteiger partial charge in [0.15, 0.2) is 0 Å². The van der Waals surface area contributed by atoms with Crippen molar-refractivity contribution in [3.05, 3.63) is 0 Å². The summed E-state index contributed by atoms with van der Waals surface area (Å²) in [5.41, 5.74) is -0.434. The summed E-state index contributed by atoms with van der Waals surface area (Å²) in [7, 11) is 2.15. The summed E-state index contributed by atoms with van der Waals surface area (Å²) in [6, 6.07) is 0.601. The van der Waals surface area contributed by atoms with Crippen LogP contribution in [-0.2, 0) is 0 Å². The summed E-state index contributed by atoms with van der Waals surface area (Å²) in [6.07, 6.45) is 4.09. The van der Waals surface area contributed by atoms with Gasteiger partial charge in [0, 0.05) is 12.6 Å². The van der Waals surface area contributed by atoms with Crippen LogP contribution >= 0.6 is 0 Å². The number of aliphatic hydroxyl groups is 1. The lowest BCUT2D eigenvalue weighted by atomic mass is 9.89. The largest absolute Gasteiger partial charge is 0.389 e. The average molecular weight is 214 g/mol. The highest BCUT2D eigenvalue weighted by Gasteiger charge is 2.28. The van der Waals surface area contributed by atoms with Crippen LogP contribution in [-0.4, -0.2) is 48.3 Å². The Kier molecular flexibility index (Phi) is 5.03. The summed E-state index contributed by atoms with van der Waals surface area (Å²) in [4.78, 5) is 2.33. The van der Waals surface area contributed by atoms with E-state index >= 15 is 0 Å². The highest BCUT2D eigenvalue weighted by atomic mass is 16.3. The Morgan fingerprint density at radius 1 is 1.47 bits per heavy atom. The molecule has 1 atom stereocenters. The van der Waals surface area contributed by atoms with Crippen LogP contribution in [0.15, 0.2) is 0 Å². The first kappa shape index (κ1) is 12.9. The molecule has 3 nitrogen and oxygen atoms in total. The molecule has 1 fully saturated rings. The molecule has 0 spiro atoms. The highest BCUT2D eigenvalue weighted by molar-refractivity contribution is 4.85. The van der Waals surface area contributed by atoms with Gasteiger partial charge in [-0.25, -0.2) is 0 Å². The lowest BCUT2D eigenvalue weighted by molar-refractivity contribution is 0.00468. The van der Waals surface area contributed by atoms with Crippen molar-refractivity contribution in [2.24, 2.45) is 0 Å². The van der Waals surface area contributed by atoms with Crippen molar-refractivity contribution in [2.75, 3.05) is 26.7 Å². The van der Waals surface area contributed by atoms with Gasteiger partial charge < -0.3 is 15.3 Å². The predicted octanol–water partition coefficient (Wildman–Crippen LogP) is 1.22. The standard InChI is InChI=1S/C12H26N2O/c1-11(2)14(3)9-5-7-12(15)6-4-8-13-10-12/h11,13,15H,4-10H2,1-3H3. The maximum absolute atomic E-state index is 10.2. The zero-order valence-electron chi connectivity index (χ0n) is 10.4. The van der Waals surface area contributed by atoms with Gasteiger partial charge in [0.05, 0.1) is 5.60 Å². The number of nitrogens with zero attached hydrogens (tertiary/aromatic N) is 1. The monoisotopic (exact) mass is 214 g/mol. The zero-order valence-corrected chi connectivity index (χ0v) is 10.4. The molecule has 1 aliphatic heterocycles. The van der Waals surface area contributed by atoms with Crippen LogP contribution < -0.4 is 5.32 Å². The maximum atomic E-state index is 10.2. The van der Waals surface area contributed by atoms with Gasteiger partial charge in [-0.1, -0.05) is 0 Å². The fraction of sp³-hybridized carbons (Fsp3) is 1.00. The summed E-state index contributed by atoms with van der Waals surface area (Å²) >= 11 is 0. The van der Waals surface area contributed by atoms with Crippen LogP contribution in [0.1, 0.15) is 39.5 Å². The summed E-state index contributed by atoms with van der Waals surface area (Å²) < 4.78 is 0. The van der Waals surface area contributed by atoms with E-state index in [1.807, 2.05) is 0 Å². The second kappa shape index (κ2) is 5.83. The molecule has 2 N–H and O–H groups in total. The number of piperidine rings is 1. The fourth-order valence-corrected chi connectivity index (χ4v) is 2.08. The Balaban J connectivity index is 2.18. The van der Waals surface area contributed by atoms with Crippen molar-refractivity contribution in [3.8, 4) is 0 Å². The fourth-order valence-electron chi connectivity index (χ4n) is 2.08. The molecule has 1 rings (SSSR count). The normalized spacial score (nSPS) is 27.6. The molecule has 0 aromatic heterocycles. The van der Waals surface area contributed by atoms with Gasteiger partial charge in [-0.15, -0.1) is 0 Å². The Bertz CT molecular complexity index is 176. The molecule has 0 amide bonds. The van der Waals surface area contributed by atoms with E-state index in [0.717, 1.165) is 45.3 Å². The number of nitrogens with one attached hydrogen (secondary N) is 1. The van der Waals surface area contributed by atoms with Crippen molar-refractivity contribution in [1.29, 1.82) is 0 Å². The topological polar surface area (TPSA) is 35.5 Å². The van der Waals surface area contributed by atoms with Crippen molar-refractivity contribution in [2.45, 2.75) is 51.2 Å². The molecule has 15 heavy (non-hydrogen) atoms. The quantitative estimate of drug-likeness (QED) is 0.722. The maximum Gasteiger partial charge on any atom is 0.0772 e. The molecule has 0 aromatic rings. The van der Waals surface area contributed by atoms with Gasteiger partial charge in [0.25, 0.3) is 0 Å². The Morgan fingerprint density at radius 3 is 2.73 bits per heavy atom. The second-order valence-electron chi connectivity index (χ2n) is 5.18. The minimum atomic E-state index is -0.434. The Morgan fingerprint density at radius 2 is 2.20 bits per heavy atom. The first-order valence-electron chi connectivity index (χ1n) is 6.17. The molecule has 1 saturated heterocycles. The van der Waals surface area contributed by atoms with Gasteiger partial charge in [-0.2, -0.15) is 0 Å². The van der Waals surface area contributed by atoms with E-state index in [4.69, 9.17) is 0 Å². The molecule has 1 unspecified atom stereocenters.